The van der Waals surface area contributed by atoms with E-state index in [-0.39, 0.29) is 11.8 Å². The largest absolute Gasteiger partial charge is 0.368 e. The summed E-state index contributed by atoms with van der Waals surface area (Å²) >= 11 is 0. The number of para-hydroxylation sites is 1. The normalized spacial score (nSPS) is 15.3. The Hall–Kier alpha value is -3.78. The van der Waals surface area contributed by atoms with Gasteiger partial charge in [0.15, 0.2) is 0 Å². The number of nitrogens with one attached hydrogen (secondary N) is 1. The second-order valence-electron chi connectivity index (χ2n) is 9.51. The van der Waals surface area contributed by atoms with E-state index in [0.29, 0.717) is 17.5 Å². The molecule has 0 aliphatic carbocycles. The Morgan fingerprint density at radius 2 is 1.72 bits per heavy atom. The van der Waals surface area contributed by atoms with Gasteiger partial charge >= 0.3 is 0 Å². The molecule has 8 heteroatoms. The predicted molar refractivity (Wildman–Crippen MR) is 138 cm³/mol. The summed E-state index contributed by atoms with van der Waals surface area (Å²) in [5, 5.41) is 5.26. The summed E-state index contributed by atoms with van der Waals surface area (Å²) in [4.78, 5) is 19.3. The Bertz CT molecular complexity index is 1370. The van der Waals surface area contributed by atoms with E-state index in [4.69, 9.17) is 0 Å². The Labute approximate surface area is 209 Å². The molecule has 1 N–H and O–H groups in total. The number of likely N-dealkylation sites (N-methyl/N-ethyl adjacent to an activating group) is 1. The van der Waals surface area contributed by atoms with Crippen LogP contribution < -0.4 is 10.3 Å². The minimum Gasteiger partial charge on any atom is -0.368 e. The lowest BCUT2D eigenvalue weighted by atomic mass is 9.93. The molecule has 186 valence electrons. The molecule has 1 aliphatic rings. The number of anilines is 1. The van der Waals surface area contributed by atoms with Crippen LogP contribution in [-0.4, -0.2) is 53.9 Å². The van der Waals surface area contributed by atoms with Gasteiger partial charge in [-0.3, -0.25) is 4.79 Å². The zero-order valence-corrected chi connectivity index (χ0v) is 20.4. The third-order valence-corrected chi connectivity index (χ3v) is 6.83. The standard InChI is InChI=1S/C28H29F2N5O/c1-19(13-20-14-23(29)17-24(30)15-20)21-7-8-26-22(16-21)18-31-35(26)32-28(36)25-5-3-4-6-27(25)34-11-9-33(2)10-12-34/h3-8,14-19H,9-13H2,1-2H3,(H,32,36). The summed E-state index contributed by atoms with van der Waals surface area (Å²) < 4.78 is 27.1. The van der Waals surface area contributed by atoms with Crippen molar-refractivity contribution >= 4 is 22.5 Å². The van der Waals surface area contributed by atoms with E-state index in [1.54, 1.807) is 6.20 Å². The third-order valence-electron chi connectivity index (χ3n) is 6.83. The van der Waals surface area contributed by atoms with E-state index in [2.05, 4.69) is 27.4 Å². The van der Waals surface area contributed by atoms with Crippen molar-refractivity contribution in [2.75, 3.05) is 43.6 Å². The van der Waals surface area contributed by atoms with E-state index in [1.807, 2.05) is 49.4 Å². The van der Waals surface area contributed by atoms with Crippen molar-refractivity contribution in [1.29, 1.82) is 0 Å². The number of carbonyl (C=O) groups is 1. The van der Waals surface area contributed by atoms with Crippen LogP contribution in [0.3, 0.4) is 0 Å². The van der Waals surface area contributed by atoms with Crippen molar-refractivity contribution in [2.45, 2.75) is 19.3 Å². The van der Waals surface area contributed by atoms with Crippen LogP contribution in [0.25, 0.3) is 10.9 Å². The van der Waals surface area contributed by atoms with Crippen LogP contribution in [0.2, 0.25) is 0 Å². The fourth-order valence-electron chi connectivity index (χ4n) is 4.79. The van der Waals surface area contributed by atoms with E-state index >= 15 is 0 Å². The van der Waals surface area contributed by atoms with Gasteiger partial charge in [0.25, 0.3) is 5.91 Å². The lowest BCUT2D eigenvalue weighted by Gasteiger charge is -2.34. The van der Waals surface area contributed by atoms with Gasteiger partial charge in [-0.1, -0.05) is 25.1 Å². The minimum absolute atomic E-state index is 0.0454. The number of hydrogen-bond acceptors (Lipinski definition) is 4. The smallest absolute Gasteiger partial charge is 0.273 e. The maximum atomic E-state index is 13.6. The number of aromatic nitrogens is 2. The van der Waals surface area contributed by atoms with Crippen LogP contribution in [0.15, 0.2) is 66.9 Å². The van der Waals surface area contributed by atoms with Crippen molar-refractivity contribution in [1.82, 2.24) is 14.8 Å². The van der Waals surface area contributed by atoms with Gasteiger partial charge in [-0.05, 0) is 66.9 Å². The van der Waals surface area contributed by atoms with Crippen molar-refractivity contribution < 1.29 is 13.6 Å². The number of halogens is 2. The van der Waals surface area contributed by atoms with Crippen LogP contribution in [0.5, 0.6) is 0 Å². The second kappa shape index (κ2) is 10.1. The molecule has 6 nitrogen and oxygen atoms in total. The van der Waals surface area contributed by atoms with Crippen LogP contribution in [0.4, 0.5) is 14.5 Å². The van der Waals surface area contributed by atoms with Gasteiger partial charge in [-0.15, -0.1) is 0 Å². The molecule has 3 aromatic carbocycles. The summed E-state index contributed by atoms with van der Waals surface area (Å²) in [7, 11) is 2.10. The highest BCUT2D eigenvalue weighted by atomic mass is 19.1. The number of rotatable bonds is 6. The van der Waals surface area contributed by atoms with Gasteiger partial charge in [0.2, 0.25) is 0 Å². The molecule has 1 atom stereocenters. The Morgan fingerprint density at radius 3 is 2.47 bits per heavy atom. The number of carbonyl (C=O) groups excluding carboxylic acids is 1. The Morgan fingerprint density at radius 1 is 1.00 bits per heavy atom. The van der Waals surface area contributed by atoms with Crippen molar-refractivity contribution in [2.24, 2.45) is 0 Å². The van der Waals surface area contributed by atoms with Gasteiger partial charge in [0.1, 0.15) is 11.6 Å². The molecule has 5 rings (SSSR count). The fourth-order valence-corrected chi connectivity index (χ4v) is 4.79. The molecule has 1 aromatic heterocycles. The van der Waals surface area contributed by atoms with Gasteiger partial charge < -0.3 is 9.80 Å². The summed E-state index contributed by atoms with van der Waals surface area (Å²) in [6, 6.07) is 17.1. The Kier molecular flexibility index (Phi) is 6.69. The van der Waals surface area contributed by atoms with Gasteiger partial charge in [-0.25, -0.2) is 14.2 Å². The second-order valence-corrected chi connectivity index (χ2v) is 9.51. The molecule has 0 saturated carbocycles. The van der Waals surface area contributed by atoms with Crippen LogP contribution in [0, 0.1) is 11.6 Å². The lowest BCUT2D eigenvalue weighted by molar-refractivity contribution is 0.101. The Balaban J connectivity index is 1.33. The first-order valence-electron chi connectivity index (χ1n) is 12.1. The molecule has 0 bridgehead atoms. The molecule has 0 spiro atoms. The van der Waals surface area contributed by atoms with Crippen LogP contribution >= 0.6 is 0 Å². The molecule has 36 heavy (non-hydrogen) atoms. The van der Waals surface area contributed by atoms with E-state index in [0.717, 1.165) is 54.4 Å². The summed E-state index contributed by atoms with van der Waals surface area (Å²) in [5.74, 6) is -1.32. The summed E-state index contributed by atoms with van der Waals surface area (Å²) in [6.45, 7) is 5.66. The number of benzene rings is 3. The molecule has 1 saturated heterocycles. The monoisotopic (exact) mass is 489 g/mol. The predicted octanol–water partition coefficient (Wildman–Crippen LogP) is 4.80. The highest BCUT2D eigenvalue weighted by Crippen LogP contribution is 2.26. The molecule has 2 heterocycles. The van der Waals surface area contributed by atoms with E-state index < -0.39 is 11.6 Å². The lowest BCUT2D eigenvalue weighted by Crippen LogP contribution is -2.45. The number of piperazine rings is 1. The molecule has 1 unspecified atom stereocenters. The number of amides is 1. The number of fused-ring (bicyclic) bond motifs is 1. The van der Waals surface area contributed by atoms with Crippen molar-refractivity contribution in [3.63, 3.8) is 0 Å². The average molecular weight is 490 g/mol. The number of nitrogens with zero attached hydrogens (tertiary/aromatic N) is 4. The molecule has 0 radical (unpaired) electrons. The SMILES string of the molecule is CC(Cc1cc(F)cc(F)c1)c1ccc2c(cnn2NC(=O)c2ccccc2N2CCN(C)CC2)c1. The third kappa shape index (κ3) is 5.09. The van der Waals surface area contributed by atoms with Gasteiger partial charge in [-0.2, -0.15) is 9.89 Å². The van der Waals surface area contributed by atoms with E-state index in [9.17, 15) is 13.6 Å². The maximum Gasteiger partial charge on any atom is 0.273 e. The molecule has 1 amide bonds. The quantitative estimate of drug-likeness (QED) is 0.423. The number of hydrogen-bond donors (Lipinski definition) is 1. The summed E-state index contributed by atoms with van der Waals surface area (Å²) in [6.07, 6.45) is 2.22. The van der Waals surface area contributed by atoms with Crippen LogP contribution in [0.1, 0.15) is 34.3 Å². The van der Waals surface area contributed by atoms with E-state index in [1.165, 1.54) is 16.9 Å². The first-order chi connectivity index (χ1) is 17.4. The van der Waals surface area contributed by atoms with Crippen LogP contribution in [-0.2, 0) is 6.42 Å². The first kappa shape index (κ1) is 23.9. The zero-order chi connectivity index (χ0) is 25.2. The molecule has 1 aliphatic heterocycles. The summed E-state index contributed by atoms with van der Waals surface area (Å²) in [5.41, 5.74) is 6.86. The first-order valence-corrected chi connectivity index (χ1v) is 12.1. The minimum atomic E-state index is -0.570. The molecule has 4 aromatic rings. The maximum absolute atomic E-state index is 13.6. The average Bonchev–Trinajstić information content (AvgIpc) is 3.25. The van der Waals surface area contributed by atoms with Crippen molar-refractivity contribution in [3.8, 4) is 0 Å². The molecule has 1 fully saturated rings. The molecular weight excluding hydrogens is 460 g/mol. The van der Waals surface area contributed by atoms with Gasteiger partial charge in [0, 0.05) is 43.3 Å². The highest BCUT2D eigenvalue weighted by molar-refractivity contribution is 6.05. The highest BCUT2D eigenvalue weighted by Gasteiger charge is 2.20. The zero-order valence-electron chi connectivity index (χ0n) is 20.4. The topological polar surface area (TPSA) is 53.4 Å². The molecular formula is C28H29F2N5O. The van der Waals surface area contributed by atoms with Gasteiger partial charge in [0.05, 0.1) is 17.3 Å². The van der Waals surface area contributed by atoms with Crippen molar-refractivity contribution in [3.05, 3.63) is 95.2 Å². The fraction of sp³-hybridized carbons (Fsp3) is 0.286.